The van der Waals surface area contributed by atoms with Crippen molar-refractivity contribution in [2.45, 2.75) is 65.6 Å². The van der Waals surface area contributed by atoms with Gasteiger partial charge in [-0.2, -0.15) is 5.10 Å². The molecule has 0 unspecified atom stereocenters. The molecule has 1 amide bonds. The van der Waals surface area contributed by atoms with Gasteiger partial charge in [0.25, 0.3) is 0 Å². The Morgan fingerprint density at radius 3 is 2.70 bits per heavy atom. The molecule has 0 saturated heterocycles. The first-order valence-electron chi connectivity index (χ1n) is 7.64. The van der Waals surface area contributed by atoms with E-state index in [9.17, 15) is 4.79 Å². The second kappa shape index (κ2) is 6.88. The molecule has 2 N–H and O–H groups in total. The van der Waals surface area contributed by atoms with Crippen LogP contribution in [0.2, 0.25) is 0 Å². The second-order valence-corrected chi connectivity index (χ2v) is 5.64. The van der Waals surface area contributed by atoms with E-state index in [1.165, 1.54) is 18.4 Å². The average Bonchev–Trinajstić information content (AvgIpc) is 2.98. The topological polar surface area (TPSA) is 59.0 Å². The molecule has 2 rings (SSSR count). The standard InChI is InChI=1S/C15H26N4O/c1-4-16-9-14-11(2)18-19(12(14)3)10-15(20)17-13-7-5-6-8-13/h13,16H,4-10H2,1-3H3,(H,17,20). The van der Waals surface area contributed by atoms with Crippen LogP contribution in [0.25, 0.3) is 0 Å². The quantitative estimate of drug-likeness (QED) is 0.832. The Labute approximate surface area is 121 Å². The van der Waals surface area contributed by atoms with Gasteiger partial charge in [-0.1, -0.05) is 19.8 Å². The summed E-state index contributed by atoms with van der Waals surface area (Å²) >= 11 is 0. The van der Waals surface area contributed by atoms with Gasteiger partial charge in [0.05, 0.1) is 5.69 Å². The largest absolute Gasteiger partial charge is 0.352 e. The van der Waals surface area contributed by atoms with Crippen LogP contribution < -0.4 is 10.6 Å². The number of rotatable bonds is 6. The average molecular weight is 278 g/mol. The molecule has 0 spiro atoms. The highest BCUT2D eigenvalue weighted by atomic mass is 16.2. The Morgan fingerprint density at radius 1 is 1.35 bits per heavy atom. The SMILES string of the molecule is CCNCc1c(C)nn(CC(=O)NC2CCCC2)c1C. The van der Waals surface area contributed by atoms with Gasteiger partial charge in [0.15, 0.2) is 0 Å². The first-order valence-corrected chi connectivity index (χ1v) is 7.64. The normalized spacial score (nSPS) is 15.8. The van der Waals surface area contributed by atoms with E-state index in [1.54, 1.807) is 0 Å². The van der Waals surface area contributed by atoms with Gasteiger partial charge in [-0.05, 0) is 33.2 Å². The maximum atomic E-state index is 12.1. The molecule has 5 heteroatoms. The highest BCUT2D eigenvalue weighted by Gasteiger charge is 2.18. The summed E-state index contributed by atoms with van der Waals surface area (Å²) in [6.45, 7) is 8.21. The lowest BCUT2D eigenvalue weighted by Crippen LogP contribution is -2.35. The summed E-state index contributed by atoms with van der Waals surface area (Å²) in [5.74, 6) is 0.0810. The van der Waals surface area contributed by atoms with E-state index < -0.39 is 0 Å². The van der Waals surface area contributed by atoms with Crippen LogP contribution in [-0.4, -0.2) is 28.3 Å². The zero-order chi connectivity index (χ0) is 14.5. The summed E-state index contributed by atoms with van der Waals surface area (Å²) < 4.78 is 1.83. The summed E-state index contributed by atoms with van der Waals surface area (Å²) in [5.41, 5.74) is 3.31. The Balaban J connectivity index is 1.96. The van der Waals surface area contributed by atoms with Crippen LogP contribution in [0.4, 0.5) is 0 Å². The van der Waals surface area contributed by atoms with E-state index in [-0.39, 0.29) is 5.91 Å². The first-order chi connectivity index (χ1) is 9.61. The molecule has 1 aliphatic carbocycles. The number of aromatic nitrogens is 2. The van der Waals surface area contributed by atoms with E-state index >= 15 is 0 Å². The summed E-state index contributed by atoms with van der Waals surface area (Å²) in [5, 5.41) is 10.9. The predicted molar refractivity (Wildman–Crippen MR) is 79.5 cm³/mol. The molecule has 0 atom stereocenters. The fourth-order valence-electron chi connectivity index (χ4n) is 2.87. The van der Waals surface area contributed by atoms with Crippen molar-refractivity contribution >= 4 is 5.91 Å². The third kappa shape index (κ3) is 3.60. The Morgan fingerprint density at radius 2 is 2.05 bits per heavy atom. The molecule has 20 heavy (non-hydrogen) atoms. The Bertz CT molecular complexity index is 461. The smallest absolute Gasteiger partial charge is 0.241 e. The molecule has 5 nitrogen and oxygen atoms in total. The van der Waals surface area contributed by atoms with Crippen LogP contribution in [0.5, 0.6) is 0 Å². The van der Waals surface area contributed by atoms with Crippen molar-refractivity contribution in [2.24, 2.45) is 0 Å². The zero-order valence-electron chi connectivity index (χ0n) is 12.8. The van der Waals surface area contributed by atoms with Gasteiger partial charge in [0, 0.05) is 23.8 Å². The molecular weight excluding hydrogens is 252 g/mol. The molecular formula is C15H26N4O. The van der Waals surface area contributed by atoms with Crippen molar-refractivity contribution in [1.82, 2.24) is 20.4 Å². The second-order valence-electron chi connectivity index (χ2n) is 5.64. The van der Waals surface area contributed by atoms with Crippen LogP contribution in [0.3, 0.4) is 0 Å². The van der Waals surface area contributed by atoms with Crippen molar-refractivity contribution in [3.8, 4) is 0 Å². The van der Waals surface area contributed by atoms with Gasteiger partial charge < -0.3 is 10.6 Å². The monoisotopic (exact) mass is 278 g/mol. The van der Waals surface area contributed by atoms with Gasteiger partial charge in [0.2, 0.25) is 5.91 Å². The summed E-state index contributed by atoms with van der Waals surface area (Å²) in [6.07, 6.45) is 4.71. The predicted octanol–water partition coefficient (Wildman–Crippen LogP) is 1.67. The van der Waals surface area contributed by atoms with Gasteiger partial charge in [0.1, 0.15) is 6.54 Å². The molecule has 0 bridgehead atoms. The molecule has 1 heterocycles. The number of carbonyl (C=O) groups is 1. The lowest BCUT2D eigenvalue weighted by Gasteiger charge is -2.12. The third-order valence-corrected chi connectivity index (χ3v) is 4.10. The number of carbonyl (C=O) groups excluding carboxylic acids is 1. The van der Waals surface area contributed by atoms with Crippen LogP contribution >= 0.6 is 0 Å². The maximum Gasteiger partial charge on any atom is 0.241 e. The van der Waals surface area contributed by atoms with Crippen molar-refractivity contribution in [1.29, 1.82) is 0 Å². The van der Waals surface area contributed by atoms with Gasteiger partial charge in [-0.15, -0.1) is 0 Å². The first kappa shape index (κ1) is 15.0. The molecule has 1 aromatic rings. The summed E-state index contributed by atoms with van der Waals surface area (Å²) in [6, 6.07) is 0.376. The van der Waals surface area contributed by atoms with E-state index in [1.807, 2.05) is 18.5 Å². The molecule has 1 fully saturated rings. The molecule has 0 aromatic carbocycles. The van der Waals surface area contributed by atoms with Crippen molar-refractivity contribution in [2.75, 3.05) is 6.54 Å². The minimum absolute atomic E-state index is 0.0810. The highest BCUT2D eigenvalue weighted by molar-refractivity contribution is 5.76. The summed E-state index contributed by atoms with van der Waals surface area (Å²) in [4.78, 5) is 12.1. The van der Waals surface area contributed by atoms with Gasteiger partial charge in [-0.25, -0.2) is 0 Å². The number of hydrogen-bond donors (Lipinski definition) is 2. The minimum atomic E-state index is 0.0810. The van der Waals surface area contributed by atoms with Crippen LogP contribution in [0.1, 0.15) is 49.6 Å². The number of amides is 1. The van der Waals surface area contributed by atoms with Crippen molar-refractivity contribution < 1.29 is 4.79 Å². The molecule has 1 aromatic heterocycles. The molecule has 1 aliphatic rings. The lowest BCUT2D eigenvalue weighted by molar-refractivity contribution is -0.122. The number of nitrogens with one attached hydrogen (secondary N) is 2. The van der Waals surface area contributed by atoms with E-state index in [2.05, 4.69) is 22.7 Å². The summed E-state index contributed by atoms with van der Waals surface area (Å²) in [7, 11) is 0. The van der Waals surface area contributed by atoms with Crippen molar-refractivity contribution in [3.63, 3.8) is 0 Å². The molecule has 112 valence electrons. The van der Waals surface area contributed by atoms with Crippen LogP contribution in [0, 0.1) is 13.8 Å². The number of aryl methyl sites for hydroxylation is 1. The third-order valence-electron chi connectivity index (χ3n) is 4.10. The van der Waals surface area contributed by atoms with Crippen molar-refractivity contribution in [3.05, 3.63) is 17.0 Å². The van der Waals surface area contributed by atoms with Crippen LogP contribution in [0.15, 0.2) is 0 Å². The van der Waals surface area contributed by atoms with Gasteiger partial charge >= 0.3 is 0 Å². The lowest BCUT2D eigenvalue weighted by atomic mass is 10.2. The fraction of sp³-hybridized carbons (Fsp3) is 0.733. The number of hydrogen-bond acceptors (Lipinski definition) is 3. The number of nitrogens with zero attached hydrogens (tertiary/aromatic N) is 2. The molecule has 1 saturated carbocycles. The fourth-order valence-corrected chi connectivity index (χ4v) is 2.87. The molecule has 0 aliphatic heterocycles. The van der Waals surface area contributed by atoms with E-state index in [0.29, 0.717) is 12.6 Å². The Hall–Kier alpha value is -1.36. The minimum Gasteiger partial charge on any atom is -0.352 e. The van der Waals surface area contributed by atoms with E-state index in [0.717, 1.165) is 37.3 Å². The van der Waals surface area contributed by atoms with Crippen LogP contribution in [-0.2, 0) is 17.9 Å². The maximum absolute atomic E-state index is 12.1. The zero-order valence-corrected chi connectivity index (χ0v) is 12.8. The Kier molecular flexibility index (Phi) is 5.17. The highest BCUT2D eigenvalue weighted by Crippen LogP contribution is 2.18. The van der Waals surface area contributed by atoms with E-state index in [4.69, 9.17) is 0 Å². The molecule has 0 radical (unpaired) electrons. The van der Waals surface area contributed by atoms with Gasteiger partial charge in [-0.3, -0.25) is 9.48 Å².